The zero-order chi connectivity index (χ0) is 22.8. The molecule has 2 rings (SSSR count). The number of carbonyl (C=O) groups is 2. The number of hydrogen-bond acceptors (Lipinski definition) is 5. The predicted octanol–water partition coefficient (Wildman–Crippen LogP) is 3.90. The van der Waals surface area contributed by atoms with Crippen LogP contribution in [0.2, 0.25) is 0 Å². The summed E-state index contributed by atoms with van der Waals surface area (Å²) in [5.41, 5.74) is 2.39. The molecule has 0 unspecified atom stereocenters. The molecule has 0 spiro atoms. The molecule has 0 aliphatic rings. The molecule has 0 heterocycles. The summed E-state index contributed by atoms with van der Waals surface area (Å²) in [4.78, 5) is 25.5. The summed E-state index contributed by atoms with van der Waals surface area (Å²) in [6, 6.07) is 11.1. The molecule has 0 bridgehead atoms. The number of rotatable bonds is 12. The van der Waals surface area contributed by atoms with E-state index in [1.807, 2.05) is 25.1 Å². The van der Waals surface area contributed by atoms with Crippen LogP contribution in [0.5, 0.6) is 11.5 Å². The molecule has 0 saturated carbocycles. The van der Waals surface area contributed by atoms with Crippen molar-refractivity contribution in [3.05, 3.63) is 53.6 Å². The van der Waals surface area contributed by atoms with Crippen LogP contribution in [0.15, 0.2) is 42.5 Å². The van der Waals surface area contributed by atoms with Gasteiger partial charge in [-0.2, -0.15) is 0 Å². The van der Waals surface area contributed by atoms with Crippen LogP contribution in [0.25, 0.3) is 0 Å². The van der Waals surface area contributed by atoms with Gasteiger partial charge in [0.2, 0.25) is 0 Å². The van der Waals surface area contributed by atoms with E-state index in [4.69, 9.17) is 37.8 Å². The van der Waals surface area contributed by atoms with E-state index in [2.05, 4.69) is 10.2 Å². The van der Waals surface area contributed by atoms with Crippen LogP contribution in [0.4, 0.5) is 5.69 Å². The maximum absolute atomic E-state index is 12.3. The van der Waals surface area contributed by atoms with E-state index in [0.29, 0.717) is 41.9 Å². The van der Waals surface area contributed by atoms with Crippen molar-refractivity contribution in [1.82, 2.24) is 5.32 Å². The molecule has 31 heavy (non-hydrogen) atoms. The first-order valence-electron chi connectivity index (χ1n) is 9.67. The van der Waals surface area contributed by atoms with Crippen LogP contribution in [-0.2, 0) is 9.53 Å². The Labute approximate surface area is 191 Å². The molecule has 0 aromatic heterocycles. The minimum absolute atomic E-state index is 0.120. The van der Waals surface area contributed by atoms with Crippen LogP contribution in [0.3, 0.4) is 0 Å². The van der Waals surface area contributed by atoms with Crippen LogP contribution in [-0.4, -0.2) is 61.6 Å². The molecule has 7 nitrogen and oxygen atoms in total. The molecule has 0 aliphatic heterocycles. The fourth-order valence-electron chi connectivity index (χ4n) is 3.00. The SMILES string of the molecule is COC[C@H](NC(=O)c1ccc(Oc2ccc(N(CCCl)CCCl)c(C)c2)cc1)C(=O)O. The second-order valence-electron chi connectivity index (χ2n) is 6.76. The van der Waals surface area contributed by atoms with Crippen molar-refractivity contribution < 1.29 is 24.2 Å². The summed E-state index contributed by atoms with van der Waals surface area (Å²) in [5, 5.41) is 11.5. The van der Waals surface area contributed by atoms with Crippen LogP contribution in [0, 0.1) is 6.92 Å². The highest BCUT2D eigenvalue weighted by molar-refractivity contribution is 6.18. The first kappa shape index (κ1) is 24.8. The number of aryl methyl sites for hydroxylation is 1. The number of amides is 1. The summed E-state index contributed by atoms with van der Waals surface area (Å²) in [6.45, 7) is 3.27. The lowest BCUT2D eigenvalue weighted by molar-refractivity contribution is -0.140. The molecule has 0 fully saturated rings. The molecule has 1 amide bonds. The van der Waals surface area contributed by atoms with E-state index in [0.717, 1.165) is 11.3 Å². The second-order valence-corrected chi connectivity index (χ2v) is 7.52. The number of alkyl halides is 2. The zero-order valence-corrected chi connectivity index (χ0v) is 18.9. The topological polar surface area (TPSA) is 88.1 Å². The predicted molar refractivity (Wildman–Crippen MR) is 122 cm³/mol. The summed E-state index contributed by atoms with van der Waals surface area (Å²) in [7, 11) is 1.37. The van der Waals surface area contributed by atoms with Gasteiger partial charge in [0.15, 0.2) is 6.04 Å². The Bertz CT molecular complexity index is 871. The maximum Gasteiger partial charge on any atom is 0.328 e. The average Bonchev–Trinajstić information content (AvgIpc) is 2.74. The monoisotopic (exact) mass is 468 g/mol. The number of benzene rings is 2. The Balaban J connectivity index is 2.06. The standard InChI is InChI=1S/C22H26Cl2N2O5/c1-15-13-18(7-8-20(15)26(11-9-23)12-10-24)31-17-5-3-16(4-6-17)21(27)25-19(14-30-2)22(28)29/h3-8,13,19H,9-12,14H2,1-2H3,(H,25,27)(H,28,29)/t19-/m0/s1. The zero-order valence-electron chi connectivity index (χ0n) is 17.4. The quantitative estimate of drug-likeness (QED) is 0.459. The third-order valence-corrected chi connectivity index (χ3v) is 4.84. The van der Waals surface area contributed by atoms with Gasteiger partial charge < -0.3 is 24.8 Å². The van der Waals surface area contributed by atoms with E-state index in [1.165, 1.54) is 7.11 Å². The summed E-state index contributed by atoms with van der Waals surface area (Å²) >= 11 is 11.8. The number of carboxylic acid groups (broad SMARTS) is 1. The van der Waals surface area contributed by atoms with Crippen molar-refractivity contribution in [2.24, 2.45) is 0 Å². The number of halogens is 2. The minimum atomic E-state index is -1.16. The smallest absolute Gasteiger partial charge is 0.328 e. The first-order valence-corrected chi connectivity index (χ1v) is 10.7. The van der Waals surface area contributed by atoms with Crippen molar-refractivity contribution in [2.75, 3.05) is 43.5 Å². The maximum atomic E-state index is 12.3. The van der Waals surface area contributed by atoms with Gasteiger partial charge in [0, 0.05) is 43.2 Å². The highest BCUT2D eigenvalue weighted by Crippen LogP contribution is 2.28. The summed E-state index contributed by atoms with van der Waals surface area (Å²) < 4.78 is 10.7. The second kappa shape index (κ2) is 12.4. The van der Waals surface area contributed by atoms with Gasteiger partial charge in [-0.05, 0) is 55.0 Å². The van der Waals surface area contributed by atoms with Crippen LogP contribution < -0.4 is 15.0 Å². The lowest BCUT2D eigenvalue weighted by Crippen LogP contribution is -2.43. The molecule has 9 heteroatoms. The van der Waals surface area contributed by atoms with Crippen LogP contribution in [0.1, 0.15) is 15.9 Å². The summed E-state index contributed by atoms with van der Waals surface area (Å²) in [6.07, 6.45) is 0. The Hall–Kier alpha value is -2.48. The van der Waals surface area contributed by atoms with Gasteiger partial charge in [-0.15, -0.1) is 23.2 Å². The number of anilines is 1. The number of carboxylic acids is 1. The van der Waals surface area contributed by atoms with Gasteiger partial charge in [-0.25, -0.2) is 4.79 Å². The first-order chi connectivity index (χ1) is 14.9. The fourth-order valence-corrected chi connectivity index (χ4v) is 3.40. The van der Waals surface area contributed by atoms with E-state index in [-0.39, 0.29) is 6.61 Å². The third kappa shape index (κ3) is 7.31. The molecule has 1 atom stereocenters. The lowest BCUT2D eigenvalue weighted by Gasteiger charge is -2.25. The van der Waals surface area contributed by atoms with E-state index in [9.17, 15) is 9.59 Å². The molecule has 0 radical (unpaired) electrons. The van der Waals surface area contributed by atoms with Gasteiger partial charge in [0.05, 0.1) is 6.61 Å². The largest absolute Gasteiger partial charge is 0.480 e. The molecule has 0 saturated heterocycles. The molecule has 2 N–H and O–H groups in total. The Morgan fingerprint density at radius 1 is 1.06 bits per heavy atom. The average molecular weight is 469 g/mol. The molecular weight excluding hydrogens is 443 g/mol. The van der Waals surface area contributed by atoms with Gasteiger partial charge in [0.1, 0.15) is 11.5 Å². The minimum Gasteiger partial charge on any atom is -0.480 e. The van der Waals surface area contributed by atoms with E-state index >= 15 is 0 Å². The Morgan fingerprint density at radius 2 is 1.68 bits per heavy atom. The molecular formula is C22H26Cl2N2O5. The van der Waals surface area contributed by atoms with Crippen molar-refractivity contribution in [3.8, 4) is 11.5 Å². The van der Waals surface area contributed by atoms with Crippen molar-refractivity contribution >= 4 is 40.8 Å². The lowest BCUT2D eigenvalue weighted by atomic mass is 10.1. The normalized spacial score (nSPS) is 11.6. The van der Waals surface area contributed by atoms with Gasteiger partial charge >= 0.3 is 5.97 Å². The fraction of sp³-hybridized carbons (Fsp3) is 0.364. The highest BCUT2D eigenvalue weighted by Gasteiger charge is 2.20. The Morgan fingerprint density at radius 3 is 2.19 bits per heavy atom. The number of nitrogens with zero attached hydrogens (tertiary/aromatic N) is 1. The molecule has 2 aromatic rings. The van der Waals surface area contributed by atoms with Crippen molar-refractivity contribution in [1.29, 1.82) is 0 Å². The molecule has 2 aromatic carbocycles. The third-order valence-electron chi connectivity index (χ3n) is 4.51. The number of hydrogen-bond donors (Lipinski definition) is 2. The number of nitrogens with one attached hydrogen (secondary N) is 1. The summed E-state index contributed by atoms with van der Waals surface area (Å²) in [5.74, 6) is 0.551. The Kier molecular flexibility index (Phi) is 9.91. The number of carbonyl (C=O) groups excluding carboxylic acids is 1. The number of methoxy groups -OCH3 is 1. The van der Waals surface area contributed by atoms with Crippen LogP contribution >= 0.6 is 23.2 Å². The van der Waals surface area contributed by atoms with Gasteiger partial charge in [-0.3, -0.25) is 4.79 Å². The van der Waals surface area contributed by atoms with Gasteiger partial charge in [0.25, 0.3) is 5.91 Å². The number of ether oxygens (including phenoxy) is 2. The van der Waals surface area contributed by atoms with Crippen molar-refractivity contribution in [2.45, 2.75) is 13.0 Å². The van der Waals surface area contributed by atoms with Crippen molar-refractivity contribution in [3.63, 3.8) is 0 Å². The van der Waals surface area contributed by atoms with E-state index in [1.54, 1.807) is 24.3 Å². The highest BCUT2D eigenvalue weighted by atomic mass is 35.5. The van der Waals surface area contributed by atoms with E-state index < -0.39 is 17.9 Å². The molecule has 168 valence electrons. The van der Waals surface area contributed by atoms with Gasteiger partial charge in [-0.1, -0.05) is 0 Å². The number of aliphatic carboxylic acids is 1. The molecule has 0 aliphatic carbocycles.